The highest BCUT2D eigenvalue weighted by atomic mass is 35.5. The summed E-state index contributed by atoms with van der Waals surface area (Å²) in [5.41, 5.74) is 1.07. The second kappa shape index (κ2) is 10.5. The minimum atomic E-state index is -0.313. The molecule has 0 aliphatic rings. The number of carbonyl (C=O) groups excluding carboxylic acids is 2. The molecule has 0 fully saturated rings. The molecule has 0 unspecified atom stereocenters. The van der Waals surface area contributed by atoms with Gasteiger partial charge in [0.1, 0.15) is 17.2 Å². The number of methoxy groups -OCH3 is 3. The maximum absolute atomic E-state index is 12.4. The fraction of sp³-hybridized carbons (Fsp3) is 0.300. The van der Waals surface area contributed by atoms with Crippen molar-refractivity contribution in [3.63, 3.8) is 0 Å². The average molecular weight is 422 g/mol. The summed E-state index contributed by atoms with van der Waals surface area (Å²) in [7, 11) is 6.20. The molecule has 0 aliphatic carbocycles. The molecule has 2 aromatic rings. The number of nitrogens with one attached hydrogen (secondary N) is 2. The molecule has 0 aromatic heterocycles. The van der Waals surface area contributed by atoms with Crippen LogP contribution in [0.2, 0.25) is 5.02 Å². The van der Waals surface area contributed by atoms with Crippen LogP contribution in [0.3, 0.4) is 0 Å². The summed E-state index contributed by atoms with van der Waals surface area (Å²) < 4.78 is 15.5. The molecule has 0 saturated heterocycles. The zero-order valence-electron chi connectivity index (χ0n) is 16.7. The molecule has 0 spiro atoms. The van der Waals surface area contributed by atoms with E-state index in [-0.39, 0.29) is 24.9 Å². The Bertz CT molecular complexity index is 858. The number of anilines is 2. The zero-order valence-corrected chi connectivity index (χ0v) is 17.5. The van der Waals surface area contributed by atoms with Crippen molar-refractivity contribution in [3.8, 4) is 17.2 Å². The average Bonchev–Trinajstić information content (AvgIpc) is 2.69. The van der Waals surface area contributed by atoms with Gasteiger partial charge in [-0.1, -0.05) is 11.6 Å². The van der Waals surface area contributed by atoms with Crippen LogP contribution >= 0.6 is 11.6 Å². The van der Waals surface area contributed by atoms with Crippen LogP contribution < -0.4 is 24.8 Å². The number of rotatable bonds is 9. The predicted molar refractivity (Wildman–Crippen MR) is 112 cm³/mol. The zero-order chi connectivity index (χ0) is 21.4. The first-order chi connectivity index (χ1) is 13.9. The summed E-state index contributed by atoms with van der Waals surface area (Å²) in [6.45, 7) is 0.0463. The van der Waals surface area contributed by atoms with Gasteiger partial charge in [0.05, 0.1) is 45.1 Å². The predicted octanol–water partition coefficient (Wildman–Crippen LogP) is 2.87. The first-order valence-corrected chi connectivity index (χ1v) is 9.08. The molecular weight excluding hydrogens is 398 g/mol. The molecular formula is C20H24ClN3O5. The van der Waals surface area contributed by atoms with Gasteiger partial charge in [-0.05, 0) is 31.3 Å². The summed E-state index contributed by atoms with van der Waals surface area (Å²) in [6.07, 6.45) is 0. The number of hydrogen-bond donors (Lipinski definition) is 2. The smallest absolute Gasteiger partial charge is 0.238 e. The van der Waals surface area contributed by atoms with Gasteiger partial charge in [0.15, 0.2) is 0 Å². The number of ether oxygens (including phenoxy) is 3. The van der Waals surface area contributed by atoms with Crippen LogP contribution in [-0.4, -0.2) is 58.2 Å². The van der Waals surface area contributed by atoms with E-state index in [4.69, 9.17) is 25.8 Å². The van der Waals surface area contributed by atoms with Crippen LogP contribution in [0.4, 0.5) is 11.4 Å². The third-order valence-electron chi connectivity index (χ3n) is 3.95. The quantitative estimate of drug-likeness (QED) is 0.647. The van der Waals surface area contributed by atoms with E-state index in [0.29, 0.717) is 33.6 Å². The molecule has 2 N–H and O–H groups in total. The van der Waals surface area contributed by atoms with Crippen molar-refractivity contribution in [1.29, 1.82) is 0 Å². The fourth-order valence-corrected chi connectivity index (χ4v) is 2.80. The van der Waals surface area contributed by atoms with Gasteiger partial charge in [-0.15, -0.1) is 0 Å². The van der Waals surface area contributed by atoms with Crippen LogP contribution in [-0.2, 0) is 9.59 Å². The number of nitrogens with zero attached hydrogens (tertiary/aromatic N) is 1. The van der Waals surface area contributed by atoms with E-state index in [1.54, 1.807) is 55.5 Å². The van der Waals surface area contributed by atoms with E-state index in [1.165, 1.54) is 14.2 Å². The van der Waals surface area contributed by atoms with E-state index in [2.05, 4.69) is 10.6 Å². The fourth-order valence-electron chi connectivity index (χ4n) is 2.57. The minimum Gasteiger partial charge on any atom is -0.497 e. The van der Waals surface area contributed by atoms with Crippen LogP contribution in [0.1, 0.15) is 0 Å². The summed E-state index contributed by atoms with van der Waals surface area (Å²) in [5.74, 6) is 0.966. The topological polar surface area (TPSA) is 89.1 Å². The first-order valence-electron chi connectivity index (χ1n) is 8.70. The third-order valence-corrected chi connectivity index (χ3v) is 4.24. The van der Waals surface area contributed by atoms with E-state index in [9.17, 15) is 9.59 Å². The van der Waals surface area contributed by atoms with Crippen molar-refractivity contribution in [3.05, 3.63) is 41.4 Å². The summed E-state index contributed by atoms with van der Waals surface area (Å²) in [6, 6.07) is 10.1. The van der Waals surface area contributed by atoms with Crippen LogP contribution in [0.5, 0.6) is 17.2 Å². The van der Waals surface area contributed by atoms with Gasteiger partial charge in [0.2, 0.25) is 11.8 Å². The van der Waals surface area contributed by atoms with Gasteiger partial charge in [0, 0.05) is 17.8 Å². The van der Waals surface area contributed by atoms with Crippen molar-refractivity contribution in [2.24, 2.45) is 0 Å². The van der Waals surface area contributed by atoms with Crippen molar-refractivity contribution in [2.45, 2.75) is 0 Å². The molecule has 0 heterocycles. The van der Waals surface area contributed by atoms with Crippen molar-refractivity contribution < 1.29 is 23.8 Å². The Labute approximate surface area is 174 Å². The molecule has 9 heteroatoms. The minimum absolute atomic E-state index is 0.00410. The molecule has 8 nitrogen and oxygen atoms in total. The Morgan fingerprint density at radius 1 is 0.897 bits per heavy atom. The van der Waals surface area contributed by atoms with E-state index in [1.807, 2.05) is 0 Å². The Morgan fingerprint density at radius 3 is 2.03 bits per heavy atom. The SMILES string of the molecule is COc1ccc(NC(=O)CN(C)CC(=O)Nc2cc(OC)c(Cl)cc2OC)cc1. The molecule has 0 radical (unpaired) electrons. The van der Waals surface area contributed by atoms with E-state index < -0.39 is 0 Å². The third kappa shape index (κ3) is 6.55. The second-order valence-electron chi connectivity index (χ2n) is 6.18. The molecule has 2 amide bonds. The molecule has 29 heavy (non-hydrogen) atoms. The number of likely N-dealkylation sites (N-methyl/N-ethyl adjacent to an activating group) is 1. The normalized spacial score (nSPS) is 10.4. The second-order valence-corrected chi connectivity index (χ2v) is 6.59. The Kier molecular flexibility index (Phi) is 8.11. The lowest BCUT2D eigenvalue weighted by Gasteiger charge is -2.17. The lowest BCUT2D eigenvalue weighted by Crippen LogP contribution is -2.36. The highest BCUT2D eigenvalue weighted by Crippen LogP contribution is 2.35. The lowest BCUT2D eigenvalue weighted by atomic mass is 10.2. The Hall–Kier alpha value is -2.97. The number of hydrogen-bond acceptors (Lipinski definition) is 6. The van der Waals surface area contributed by atoms with E-state index in [0.717, 1.165) is 0 Å². The standard InChI is InChI=1S/C20H24ClN3O5/c1-24(11-19(25)22-13-5-7-14(27-2)8-6-13)12-20(26)23-16-10-17(28-3)15(21)9-18(16)29-4/h5-10H,11-12H2,1-4H3,(H,22,25)(H,23,26). The molecule has 0 saturated carbocycles. The van der Waals surface area contributed by atoms with Gasteiger partial charge < -0.3 is 24.8 Å². The van der Waals surface area contributed by atoms with Crippen LogP contribution in [0.15, 0.2) is 36.4 Å². The molecule has 156 valence electrons. The van der Waals surface area contributed by atoms with Crippen LogP contribution in [0, 0.1) is 0 Å². The molecule has 2 rings (SSSR count). The Balaban J connectivity index is 1.90. The molecule has 2 aromatic carbocycles. The van der Waals surface area contributed by atoms with Crippen molar-refractivity contribution in [1.82, 2.24) is 4.90 Å². The number of benzene rings is 2. The van der Waals surface area contributed by atoms with Gasteiger partial charge >= 0.3 is 0 Å². The Morgan fingerprint density at radius 2 is 1.48 bits per heavy atom. The number of carbonyl (C=O) groups is 2. The summed E-state index contributed by atoms with van der Waals surface area (Å²) in [4.78, 5) is 26.1. The largest absolute Gasteiger partial charge is 0.497 e. The number of halogens is 1. The highest BCUT2D eigenvalue weighted by molar-refractivity contribution is 6.32. The van der Waals surface area contributed by atoms with Gasteiger partial charge in [0.25, 0.3) is 0 Å². The molecule has 0 bridgehead atoms. The molecule has 0 atom stereocenters. The first kappa shape index (κ1) is 22.3. The lowest BCUT2D eigenvalue weighted by molar-refractivity contribution is -0.119. The maximum Gasteiger partial charge on any atom is 0.238 e. The van der Waals surface area contributed by atoms with Crippen molar-refractivity contribution >= 4 is 34.8 Å². The molecule has 0 aliphatic heterocycles. The van der Waals surface area contributed by atoms with Gasteiger partial charge in [-0.3, -0.25) is 14.5 Å². The van der Waals surface area contributed by atoms with Crippen LogP contribution in [0.25, 0.3) is 0 Å². The van der Waals surface area contributed by atoms with Crippen molar-refractivity contribution in [2.75, 3.05) is 52.1 Å². The monoisotopic (exact) mass is 421 g/mol. The van der Waals surface area contributed by atoms with Gasteiger partial charge in [-0.25, -0.2) is 0 Å². The van der Waals surface area contributed by atoms with Gasteiger partial charge in [-0.2, -0.15) is 0 Å². The van der Waals surface area contributed by atoms with E-state index >= 15 is 0 Å². The summed E-state index contributed by atoms with van der Waals surface area (Å²) >= 11 is 6.06. The maximum atomic E-state index is 12.4. The number of amides is 2. The highest BCUT2D eigenvalue weighted by Gasteiger charge is 2.15. The summed E-state index contributed by atoms with van der Waals surface area (Å²) in [5, 5.41) is 5.88.